The number of ketones is 2. The molecule has 0 saturated carbocycles. The van der Waals surface area contributed by atoms with Gasteiger partial charge in [0.2, 0.25) is 0 Å². The molecule has 0 fully saturated rings. The van der Waals surface area contributed by atoms with Crippen molar-refractivity contribution in [1.82, 2.24) is 0 Å². The highest BCUT2D eigenvalue weighted by atomic mass is 35.5. The molecule has 0 spiro atoms. The quantitative estimate of drug-likeness (QED) is 0.351. The number of carbonyl (C=O) groups excluding carboxylic acids is 3. The van der Waals surface area contributed by atoms with Gasteiger partial charge < -0.3 is 14.8 Å². The number of halogens is 1. The maximum Gasteiger partial charge on any atom is 0.329 e. The van der Waals surface area contributed by atoms with Crippen LogP contribution in [0.1, 0.15) is 27.1 Å². The predicted molar refractivity (Wildman–Crippen MR) is 123 cm³/mol. The lowest BCUT2D eigenvalue weighted by Gasteiger charge is -2.19. The monoisotopic (exact) mass is 451 g/mol. The van der Waals surface area contributed by atoms with Crippen molar-refractivity contribution >= 4 is 34.8 Å². The number of anilines is 1. The number of ether oxygens (including phenoxy) is 2. The van der Waals surface area contributed by atoms with Gasteiger partial charge in [-0.3, -0.25) is 9.59 Å². The molecule has 0 saturated heterocycles. The number of Topliss-reactive ketones (excluding diaryl/α,β-unsaturated/α-hetero) is 2. The number of rotatable bonds is 10. The van der Waals surface area contributed by atoms with E-state index in [1.807, 2.05) is 0 Å². The van der Waals surface area contributed by atoms with Gasteiger partial charge in [0, 0.05) is 17.5 Å². The molecule has 0 aliphatic carbocycles. The van der Waals surface area contributed by atoms with E-state index in [-0.39, 0.29) is 18.0 Å². The van der Waals surface area contributed by atoms with Crippen molar-refractivity contribution in [2.24, 2.45) is 0 Å². The fraction of sp³-hybridized carbons (Fsp3) is 0.160. The van der Waals surface area contributed by atoms with Crippen LogP contribution in [0.5, 0.6) is 5.75 Å². The van der Waals surface area contributed by atoms with Crippen molar-refractivity contribution in [2.45, 2.75) is 12.5 Å². The Labute approximate surface area is 191 Å². The third kappa shape index (κ3) is 6.18. The van der Waals surface area contributed by atoms with E-state index in [0.717, 1.165) is 0 Å². The number of hydrogen-bond acceptors (Lipinski definition) is 6. The summed E-state index contributed by atoms with van der Waals surface area (Å²) in [5, 5.41) is 3.37. The third-order valence-corrected chi connectivity index (χ3v) is 5.06. The van der Waals surface area contributed by atoms with Gasteiger partial charge in [0.1, 0.15) is 11.8 Å². The predicted octanol–water partition coefficient (Wildman–Crippen LogP) is 4.83. The first kappa shape index (κ1) is 23.0. The largest absolute Gasteiger partial charge is 0.497 e. The molecule has 3 aromatic carbocycles. The van der Waals surface area contributed by atoms with Gasteiger partial charge in [0.15, 0.2) is 18.2 Å². The van der Waals surface area contributed by atoms with Crippen molar-refractivity contribution in [2.75, 3.05) is 19.0 Å². The molecule has 1 N–H and O–H groups in total. The van der Waals surface area contributed by atoms with E-state index in [4.69, 9.17) is 21.1 Å². The van der Waals surface area contributed by atoms with Crippen molar-refractivity contribution in [3.8, 4) is 5.75 Å². The molecule has 6 nitrogen and oxygen atoms in total. The Morgan fingerprint density at radius 3 is 2.12 bits per heavy atom. The standard InChI is InChI=1S/C25H22ClNO5/c1-31-19-13-11-18(12-14-19)24(29)16-32-25(30)22(27-21-10-6-5-9-20(21)26)15-23(28)17-7-3-2-4-8-17/h2-14,22,27H,15-16H2,1H3. The summed E-state index contributed by atoms with van der Waals surface area (Å²) in [5.41, 5.74) is 1.34. The first-order valence-electron chi connectivity index (χ1n) is 9.91. The first-order chi connectivity index (χ1) is 15.5. The van der Waals surface area contributed by atoms with Gasteiger partial charge in [-0.15, -0.1) is 0 Å². The van der Waals surface area contributed by atoms with Gasteiger partial charge in [-0.25, -0.2) is 4.79 Å². The summed E-state index contributed by atoms with van der Waals surface area (Å²) in [7, 11) is 1.53. The number of carbonyl (C=O) groups is 3. The van der Waals surface area contributed by atoms with E-state index >= 15 is 0 Å². The van der Waals surface area contributed by atoms with Crippen LogP contribution in [0, 0.1) is 0 Å². The molecule has 1 atom stereocenters. The van der Waals surface area contributed by atoms with Crippen LogP contribution in [0.25, 0.3) is 0 Å². The highest BCUT2D eigenvalue weighted by Crippen LogP contribution is 2.23. The highest BCUT2D eigenvalue weighted by molar-refractivity contribution is 6.33. The fourth-order valence-electron chi connectivity index (χ4n) is 2.98. The Morgan fingerprint density at radius 1 is 0.844 bits per heavy atom. The minimum absolute atomic E-state index is 0.162. The van der Waals surface area contributed by atoms with Crippen molar-refractivity contribution in [1.29, 1.82) is 0 Å². The fourth-order valence-corrected chi connectivity index (χ4v) is 3.17. The average Bonchev–Trinajstić information content (AvgIpc) is 2.83. The second-order valence-electron chi connectivity index (χ2n) is 6.93. The van der Waals surface area contributed by atoms with Crippen molar-refractivity contribution < 1.29 is 23.9 Å². The Hall–Kier alpha value is -3.64. The van der Waals surface area contributed by atoms with Crippen LogP contribution in [0.2, 0.25) is 5.02 Å². The molecule has 32 heavy (non-hydrogen) atoms. The van der Waals surface area contributed by atoms with Gasteiger partial charge in [0.05, 0.1) is 17.8 Å². The zero-order valence-corrected chi connectivity index (χ0v) is 18.2. The number of hydrogen-bond donors (Lipinski definition) is 1. The van der Waals surface area contributed by atoms with Crippen molar-refractivity contribution in [3.05, 3.63) is 95.0 Å². The molecule has 1 unspecified atom stereocenters. The van der Waals surface area contributed by atoms with Gasteiger partial charge in [-0.1, -0.05) is 54.1 Å². The second-order valence-corrected chi connectivity index (χ2v) is 7.34. The zero-order valence-electron chi connectivity index (χ0n) is 17.4. The summed E-state index contributed by atoms with van der Waals surface area (Å²) in [6.07, 6.45) is -0.162. The van der Waals surface area contributed by atoms with E-state index in [9.17, 15) is 14.4 Å². The molecule has 164 valence electrons. The van der Waals surface area contributed by atoms with E-state index in [2.05, 4.69) is 5.32 Å². The van der Waals surface area contributed by atoms with Crippen LogP contribution in [0.15, 0.2) is 78.9 Å². The lowest BCUT2D eigenvalue weighted by atomic mass is 10.0. The molecule has 0 aliphatic rings. The molecule has 3 rings (SSSR count). The van der Waals surface area contributed by atoms with Crippen LogP contribution in [-0.4, -0.2) is 37.3 Å². The van der Waals surface area contributed by atoms with E-state index in [1.165, 1.54) is 7.11 Å². The number of benzene rings is 3. The van der Waals surface area contributed by atoms with Gasteiger partial charge >= 0.3 is 5.97 Å². The summed E-state index contributed by atoms with van der Waals surface area (Å²) in [4.78, 5) is 37.9. The zero-order chi connectivity index (χ0) is 22.9. The molecule has 3 aromatic rings. The van der Waals surface area contributed by atoms with Gasteiger partial charge in [-0.2, -0.15) is 0 Å². The topological polar surface area (TPSA) is 81.7 Å². The van der Waals surface area contributed by atoms with Crippen LogP contribution in [-0.2, 0) is 9.53 Å². The average molecular weight is 452 g/mol. The SMILES string of the molecule is COc1ccc(C(=O)COC(=O)C(CC(=O)c2ccccc2)Nc2ccccc2Cl)cc1. The lowest BCUT2D eigenvalue weighted by molar-refractivity contribution is -0.143. The second kappa shape index (κ2) is 11.1. The minimum Gasteiger partial charge on any atom is -0.497 e. The first-order valence-corrected chi connectivity index (χ1v) is 10.3. The van der Waals surface area contributed by atoms with Crippen LogP contribution >= 0.6 is 11.6 Å². The maximum absolute atomic E-state index is 12.8. The van der Waals surface area contributed by atoms with E-state index in [0.29, 0.717) is 27.6 Å². The smallest absolute Gasteiger partial charge is 0.329 e. The number of esters is 1. The summed E-state index contributed by atoms with van der Waals surface area (Å²) in [5.74, 6) is -0.724. The van der Waals surface area contributed by atoms with Crippen LogP contribution in [0.3, 0.4) is 0 Å². The lowest BCUT2D eigenvalue weighted by Crippen LogP contribution is -2.35. The van der Waals surface area contributed by atoms with E-state index < -0.39 is 18.6 Å². The minimum atomic E-state index is -1.02. The maximum atomic E-state index is 12.8. The van der Waals surface area contributed by atoms with Gasteiger partial charge in [0.25, 0.3) is 0 Å². The third-order valence-electron chi connectivity index (χ3n) is 4.73. The molecule has 7 heteroatoms. The van der Waals surface area contributed by atoms with Crippen LogP contribution < -0.4 is 10.1 Å². The summed E-state index contributed by atoms with van der Waals surface area (Å²) >= 11 is 6.19. The molecule has 0 bridgehead atoms. The molecule has 0 aliphatic heterocycles. The van der Waals surface area contributed by atoms with Crippen molar-refractivity contribution in [3.63, 3.8) is 0 Å². The summed E-state index contributed by atoms with van der Waals surface area (Å²) in [6.45, 7) is -0.453. The summed E-state index contributed by atoms with van der Waals surface area (Å²) in [6, 6.07) is 21.0. The molecular formula is C25H22ClNO5. The Bertz CT molecular complexity index is 1080. The molecule has 0 amide bonds. The molecular weight excluding hydrogens is 430 g/mol. The number of nitrogens with one attached hydrogen (secondary N) is 1. The van der Waals surface area contributed by atoms with Gasteiger partial charge in [-0.05, 0) is 36.4 Å². The summed E-state index contributed by atoms with van der Waals surface area (Å²) < 4.78 is 10.3. The normalized spacial score (nSPS) is 11.3. The Kier molecular flexibility index (Phi) is 8.00. The molecule has 0 aromatic heterocycles. The highest BCUT2D eigenvalue weighted by Gasteiger charge is 2.25. The Morgan fingerprint density at radius 2 is 1.47 bits per heavy atom. The number of para-hydroxylation sites is 1. The molecule has 0 radical (unpaired) electrons. The Balaban J connectivity index is 1.70. The molecule has 0 heterocycles. The van der Waals surface area contributed by atoms with Crippen LogP contribution in [0.4, 0.5) is 5.69 Å². The number of methoxy groups -OCH3 is 1. The van der Waals surface area contributed by atoms with E-state index in [1.54, 1.807) is 78.9 Å².